The highest BCUT2D eigenvalue weighted by Gasteiger charge is 2.37. The highest BCUT2D eigenvalue weighted by atomic mass is 79.9. The first-order valence-corrected chi connectivity index (χ1v) is 8.18. The second-order valence-electron chi connectivity index (χ2n) is 6.25. The molecule has 3 heteroatoms. The molecule has 0 aliphatic heterocycles. The van der Waals surface area contributed by atoms with Crippen LogP contribution in [0.4, 0.5) is 10.1 Å². The molecule has 1 spiro atoms. The molecular weight excluding hydrogens is 305 g/mol. The summed E-state index contributed by atoms with van der Waals surface area (Å²) in [7, 11) is 0. The van der Waals surface area contributed by atoms with Crippen LogP contribution in [-0.4, -0.2) is 6.04 Å². The molecule has 3 rings (SSSR count). The molecule has 0 heterocycles. The largest absolute Gasteiger partial charge is 0.380 e. The SMILES string of the molecule is Fc1ccc(Br)cc1NC1CCC2(CCCC2)CC1. The van der Waals surface area contributed by atoms with Gasteiger partial charge in [-0.1, -0.05) is 28.8 Å². The molecule has 1 nitrogen and oxygen atoms in total. The Balaban J connectivity index is 1.61. The molecule has 19 heavy (non-hydrogen) atoms. The molecule has 0 bridgehead atoms. The molecule has 2 fully saturated rings. The van der Waals surface area contributed by atoms with Crippen molar-refractivity contribution >= 4 is 21.6 Å². The van der Waals surface area contributed by atoms with Gasteiger partial charge in [0.1, 0.15) is 5.82 Å². The zero-order valence-electron chi connectivity index (χ0n) is 11.2. The summed E-state index contributed by atoms with van der Waals surface area (Å²) in [4.78, 5) is 0. The first-order valence-electron chi connectivity index (χ1n) is 7.39. The zero-order valence-corrected chi connectivity index (χ0v) is 12.8. The second-order valence-corrected chi connectivity index (χ2v) is 7.17. The molecule has 1 aromatic rings. The lowest BCUT2D eigenvalue weighted by molar-refractivity contribution is 0.188. The summed E-state index contributed by atoms with van der Waals surface area (Å²) in [6, 6.07) is 5.55. The summed E-state index contributed by atoms with van der Waals surface area (Å²) in [5.74, 6) is -0.149. The predicted molar refractivity (Wildman–Crippen MR) is 80.9 cm³/mol. The fraction of sp³-hybridized carbons (Fsp3) is 0.625. The molecule has 1 N–H and O–H groups in total. The molecule has 104 valence electrons. The van der Waals surface area contributed by atoms with E-state index in [2.05, 4.69) is 21.2 Å². The minimum Gasteiger partial charge on any atom is -0.380 e. The van der Waals surface area contributed by atoms with Gasteiger partial charge in [-0.05, 0) is 62.1 Å². The Bertz CT molecular complexity index is 444. The zero-order chi connectivity index (χ0) is 13.3. The molecule has 1 aromatic carbocycles. The van der Waals surface area contributed by atoms with Gasteiger partial charge >= 0.3 is 0 Å². The van der Waals surface area contributed by atoms with Crippen LogP contribution in [0.1, 0.15) is 51.4 Å². The first kappa shape index (κ1) is 13.4. The van der Waals surface area contributed by atoms with Crippen LogP contribution in [0.5, 0.6) is 0 Å². The Morgan fingerprint density at radius 3 is 2.47 bits per heavy atom. The monoisotopic (exact) mass is 325 g/mol. The van der Waals surface area contributed by atoms with Gasteiger partial charge in [-0.2, -0.15) is 0 Å². The normalized spacial score (nSPS) is 22.8. The van der Waals surface area contributed by atoms with E-state index in [1.54, 1.807) is 6.07 Å². The van der Waals surface area contributed by atoms with Gasteiger partial charge in [0.25, 0.3) is 0 Å². The van der Waals surface area contributed by atoms with Gasteiger partial charge in [0.15, 0.2) is 0 Å². The van der Waals surface area contributed by atoms with E-state index >= 15 is 0 Å². The van der Waals surface area contributed by atoms with Gasteiger partial charge in [0.05, 0.1) is 5.69 Å². The van der Waals surface area contributed by atoms with E-state index < -0.39 is 0 Å². The highest BCUT2D eigenvalue weighted by molar-refractivity contribution is 9.10. The van der Waals surface area contributed by atoms with Crippen molar-refractivity contribution in [2.45, 2.75) is 57.4 Å². The number of nitrogens with one attached hydrogen (secondary N) is 1. The topological polar surface area (TPSA) is 12.0 Å². The van der Waals surface area contributed by atoms with E-state index in [-0.39, 0.29) is 5.82 Å². The van der Waals surface area contributed by atoms with Crippen LogP contribution in [0.3, 0.4) is 0 Å². The van der Waals surface area contributed by atoms with Crippen LogP contribution < -0.4 is 5.32 Å². The fourth-order valence-electron chi connectivity index (χ4n) is 3.83. The van der Waals surface area contributed by atoms with Gasteiger partial charge < -0.3 is 5.32 Å². The quantitative estimate of drug-likeness (QED) is 0.756. The number of hydrogen-bond donors (Lipinski definition) is 1. The van der Waals surface area contributed by atoms with E-state index in [1.807, 2.05) is 6.07 Å². The van der Waals surface area contributed by atoms with Crippen molar-refractivity contribution in [1.29, 1.82) is 0 Å². The number of benzene rings is 1. The number of anilines is 1. The molecular formula is C16H21BrFN. The van der Waals surface area contributed by atoms with Crippen LogP contribution in [0, 0.1) is 11.2 Å². The maximum Gasteiger partial charge on any atom is 0.146 e. The van der Waals surface area contributed by atoms with Gasteiger partial charge in [0, 0.05) is 10.5 Å². The van der Waals surface area contributed by atoms with E-state index in [0.29, 0.717) is 17.1 Å². The molecule has 0 unspecified atom stereocenters. The van der Waals surface area contributed by atoms with Crippen molar-refractivity contribution in [3.63, 3.8) is 0 Å². The first-order chi connectivity index (χ1) is 9.17. The van der Waals surface area contributed by atoms with Crippen LogP contribution in [0.15, 0.2) is 22.7 Å². The van der Waals surface area contributed by atoms with Gasteiger partial charge in [0.2, 0.25) is 0 Å². The highest BCUT2D eigenvalue weighted by Crippen LogP contribution is 2.49. The maximum atomic E-state index is 13.7. The van der Waals surface area contributed by atoms with Crippen molar-refractivity contribution in [2.24, 2.45) is 5.41 Å². The Morgan fingerprint density at radius 2 is 1.79 bits per heavy atom. The van der Waals surface area contributed by atoms with Crippen molar-refractivity contribution < 1.29 is 4.39 Å². The van der Waals surface area contributed by atoms with Crippen LogP contribution in [-0.2, 0) is 0 Å². The second kappa shape index (κ2) is 5.43. The third-order valence-corrected chi connectivity index (χ3v) is 5.49. The van der Waals surface area contributed by atoms with Crippen LogP contribution >= 0.6 is 15.9 Å². The van der Waals surface area contributed by atoms with Crippen LogP contribution in [0.25, 0.3) is 0 Å². The molecule has 0 amide bonds. The third kappa shape index (κ3) is 2.96. The lowest BCUT2D eigenvalue weighted by atomic mass is 9.71. The molecule has 0 aromatic heterocycles. The van der Waals surface area contributed by atoms with Crippen molar-refractivity contribution in [2.75, 3.05) is 5.32 Å². The minimum atomic E-state index is -0.149. The molecule has 0 saturated heterocycles. The average Bonchev–Trinajstić information content (AvgIpc) is 2.85. The van der Waals surface area contributed by atoms with Crippen LogP contribution in [0.2, 0.25) is 0 Å². The molecule has 0 atom stereocenters. The van der Waals surface area contributed by atoms with Gasteiger partial charge in [-0.25, -0.2) is 4.39 Å². The van der Waals surface area contributed by atoms with Crippen molar-refractivity contribution in [3.8, 4) is 0 Å². The van der Waals surface area contributed by atoms with E-state index in [4.69, 9.17) is 0 Å². The summed E-state index contributed by atoms with van der Waals surface area (Å²) in [6.07, 6.45) is 10.7. The molecule has 2 aliphatic rings. The standard InChI is InChI=1S/C16H21BrFN/c17-12-3-4-14(18)15(11-12)19-13-5-9-16(10-6-13)7-1-2-8-16/h3-4,11,13,19H,1-2,5-10H2. The molecule has 0 radical (unpaired) electrons. The summed E-state index contributed by atoms with van der Waals surface area (Å²) in [6.45, 7) is 0. The van der Waals surface area contributed by atoms with E-state index in [1.165, 1.54) is 57.4 Å². The minimum absolute atomic E-state index is 0.149. The summed E-state index contributed by atoms with van der Waals surface area (Å²) in [5.41, 5.74) is 1.29. The fourth-order valence-corrected chi connectivity index (χ4v) is 4.19. The lowest BCUT2D eigenvalue weighted by Crippen LogP contribution is -2.31. The van der Waals surface area contributed by atoms with E-state index in [0.717, 1.165) is 4.47 Å². The average molecular weight is 326 g/mol. The van der Waals surface area contributed by atoms with E-state index in [9.17, 15) is 4.39 Å². The predicted octanol–water partition coefficient (Wildman–Crippen LogP) is 5.50. The van der Waals surface area contributed by atoms with Crippen molar-refractivity contribution in [1.82, 2.24) is 0 Å². The summed E-state index contributed by atoms with van der Waals surface area (Å²) in [5, 5.41) is 3.39. The maximum absolute atomic E-state index is 13.7. The Kier molecular flexibility index (Phi) is 3.84. The third-order valence-electron chi connectivity index (χ3n) is 5.00. The summed E-state index contributed by atoms with van der Waals surface area (Å²) < 4.78 is 14.7. The van der Waals surface area contributed by atoms with Gasteiger partial charge in [-0.3, -0.25) is 0 Å². The lowest BCUT2D eigenvalue weighted by Gasteiger charge is -2.37. The Hall–Kier alpha value is -0.570. The molecule has 2 aliphatic carbocycles. The smallest absolute Gasteiger partial charge is 0.146 e. The number of hydrogen-bond acceptors (Lipinski definition) is 1. The van der Waals surface area contributed by atoms with Gasteiger partial charge in [-0.15, -0.1) is 0 Å². The van der Waals surface area contributed by atoms with Crippen molar-refractivity contribution in [3.05, 3.63) is 28.5 Å². The number of halogens is 2. The Morgan fingerprint density at radius 1 is 1.11 bits per heavy atom. The Labute approximate surface area is 123 Å². The molecule has 2 saturated carbocycles. The summed E-state index contributed by atoms with van der Waals surface area (Å²) >= 11 is 3.40. The number of rotatable bonds is 2.